The van der Waals surface area contributed by atoms with Gasteiger partial charge in [-0.2, -0.15) is 0 Å². The maximum atomic E-state index is 12.6. The van der Waals surface area contributed by atoms with E-state index in [9.17, 15) is 9.18 Å². The predicted octanol–water partition coefficient (Wildman–Crippen LogP) is 0.618. The largest absolute Gasteiger partial charge is 0.298 e. The van der Waals surface area contributed by atoms with E-state index in [1.165, 1.54) is 6.92 Å². The lowest BCUT2D eigenvalue weighted by Crippen LogP contribution is -2.30. The quantitative estimate of drug-likeness (QED) is 0.539. The molecular formula is C7H12FNO. The van der Waals surface area contributed by atoms with Crippen LogP contribution < -0.4 is 0 Å². The van der Waals surface area contributed by atoms with Crippen LogP contribution in [0.5, 0.6) is 0 Å². The number of Topliss-reactive ketones (excluding diaryl/α,β-unsaturated/α-hetero) is 1. The lowest BCUT2D eigenvalue weighted by molar-refractivity contribution is -0.120. The Balaban J connectivity index is 2.54. The lowest BCUT2D eigenvalue weighted by Gasteiger charge is -2.14. The van der Waals surface area contributed by atoms with Crippen molar-refractivity contribution in [2.75, 3.05) is 13.6 Å². The molecule has 1 rings (SSSR count). The first-order chi connectivity index (χ1) is 4.61. The van der Waals surface area contributed by atoms with E-state index >= 15 is 0 Å². The number of rotatable bonds is 1. The van der Waals surface area contributed by atoms with Gasteiger partial charge in [-0.25, -0.2) is 4.39 Å². The minimum Gasteiger partial charge on any atom is -0.298 e. The molecule has 2 nitrogen and oxygen atoms in total. The second-order valence-corrected chi connectivity index (χ2v) is 2.90. The van der Waals surface area contributed by atoms with E-state index in [2.05, 4.69) is 0 Å². The Hall–Kier alpha value is -0.440. The normalized spacial score (nSPS) is 34.7. The Morgan fingerprint density at radius 3 is 2.50 bits per heavy atom. The average molecular weight is 145 g/mol. The summed E-state index contributed by atoms with van der Waals surface area (Å²) in [5.41, 5.74) is 0. The van der Waals surface area contributed by atoms with E-state index in [0.717, 1.165) is 0 Å². The fourth-order valence-electron chi connectivity index (χ4n) is 1.41. The zero-order valence-corrected chi connectivity index (χ0v) is 6.30. The number of carbonyl (C=O) groups excluding carboxylic acids is 1. The molecule has 0 aliphatic carbocycles. The highest BCUT2D eigenvalue weighted by atomic mass is 19.1. The number of hydrogen-bond acceptors (Lipinski definition) is 2. The smallest absolute Gasteiger partial charge is 0.146 e. The SMILES string of the molecule is CC(=O)[C@@H]1C[C@@H](F)CN1C. The van der Waals surface area contributed by atoms with Gasteiger partial charge in [0.05, 0.1) is 6.04 Å². The summed E-state index contributed by atoms with van der Waals surface area (Å²) < 4.78 is 12.6. The molecule has 0 bridgehead atoms. The summed E-state index contributed by atoms with van der Waals surface area (Å²) in [7, 11) is 1.78. The molecule has 1 heterocycles. The van der Waals surface area contributed by atoms with Gasteiger partial charge in [0.1, 0.15) is 12.0 Å². The molecule has 1 aliphatic rings. The molecule has 0 aromatic heterocycles. The van der Waals surface area contributed by atoms with Crippen molar-refractivity contribution in [3.05, 3.63) is 0 Å². The van der Waals surface area contributed by atoms with Gasteiger partial charge in [-0.3, -0.25) is 9.69 Å². The molecule has 0 saturated carbocycles. The van der Waals surface area contributed by atoms with Crippen molar-refractivity contribution in [3.63, 3.8) is 0 Å². The minimum atomic E-state index is -0.807. The number of ketones is 1. The molecule has 1 aliphatic heterocycles. The molecule has 2 atom stereocenters. The summed E-state index contributed by atoms with van der Waals surface area (Å²) in [6.45, 7) is 1.92. The van der Waals surface area contributed by atoms with Gasteiger partial charge >= 0.3 is 0 Å². The monoisotopic (exact) mass is 145 g/mol. The highest BCUT2D eigenvalue weighted by Crippen LogP contribution is 2.18. The topological polar surface area (TPSA) is 20.3 Å². The average Bonchev–Trinajstić information content (AvgIpc) is 2.10. The molecule has 0 N–H and O–H groups in total. The van der Waals surface area contributed by atoms with Crippen LogP contribution in [0.2, 0.25) is 0 Å². The number of hydrogen-bond donors (Lipinski definition) is 0. The Morgan fingerprint density at radius 1 is 1.70 bits per heavy atom. The van der Waals surface area contributed by atoms with Gasteiger partial charge in [0, 0.05) is 13.0 Å². The second-order valence-electron chi connectivity index (χ2n) is 2.90. The van der Waals surface area contributed by atoms with Crippen LogP contribution in [0.1, 0.15) is 13.3 Å². The van der Waals surface area contributed by atoms with Crippen LogP contribution in [-0.2, 0) is 4.79 Å². The number of likely N-dealkylation sites (N-methyl/N-ethyl adjacent to an activating group) is 1. The third-order valence-electron chi connectivity index (χ3n) is 1.97. The molecule has 10 heavy (non-hydrogen) atoms. The zero-order valence-electron chi connectivity index (χ0n) is 6.30. The zero-order chi connectivity index (χ0) is 7.72. The maximum absolute atomic E-state index is 12.6. The first-order valence-corrected chi connectivity index (χ1v) is 3.46. The van der Waals surface area contributed by atoms with Gasteiger partial charge in [0.15, 0.2) is 0 Å². The van der Waals surface area contributed by atoms with Crippen LogP contribution in [0.4, 0.5) is 4.39 Å². The molecule has 0 spiro atoms. The number of carbonyl (C=O) groups is 1. The first-order valence-electron chi connectivity index (χ1n) is 3.46. The Bertz CT molecular complexity index is 149. The van der Waals surface area contributed by atoms with Gasteiger partial charge in [0.2, 0.25) is 0 Å². The summed E-state index contributed by atoms with van der Waals surface area (Å²) in [5, 5.41) is 0. The molecule has 0 amide bonds. The van der Waals surface area contributed by atoms with E-state index in [4.69, 9.17) is 0 Å². The number of alkyl halides is 1. The van der Waals surface area contributed by atoms with Gasteiger partial charge < -0.3 is 0 Å². The fourth-order valence-corrected chi connectivity index (χ4v) is 1.41. The van der Waals surface area contributed by atoms with E-state index in [1.54, 1.807) is 11.9 Å². The minimum absolute atomic E-state index is 0.0719. The summed E-state index contributed by atoms with van der Waals surface area (Å²) >= 11 is 0. The van der Waals surface area contributed by atoms with Crippen molar-refractivity contribution in [1.82, 2.24) is 4.90 Å². The molecule has 1 fully saturated rings. The van der Waals surface area contributed by atoms with Gasteiger partial charge in [-0.05, 0) is 14.0 Å². The first kappa shape index (κ1) is 7.66. The summed E-state index contributed by atoms with van der Waals surface area (Å²) in [4.78, 5) is 12.6. The van der Waals surface area contributed by atoms with Crippen LogP contribution in [0.25, 0.3) is 0 Å². The third-order valence-corrected chi connectivity index (χ3v) is 1.97. The van der Waals surface area contributed by atoms with Crippen molar-refractivity contribution >= 4 is 5.78 Å². The number of nitrogens with zero attached hydrogens (tertiary/aromatic N) is 1. The molecule has 1 saturated heterocycles. The van der Waals surface area contributed by atoms with Crippen LogP contribution in [-0.4, -0.2) is 36.5 Å². The van der Waals surface area contributed by atoms with Gasteiger partial charge in [0.25, 0.3) is 0 Å². The van der Waals surface area contributed by atoms with Crippen molar-refractivity contribution < 1.29 is 9.18 Å². The van der Waals surface area contributed by atoms with Crippen LogP contribution in [0.15, 0.2) is 0 Å². The van der Waals surface area contributed by atoms with E-state index in [1.807, 2.05) is 0 Å². The number of halogens is 1. The molecule has 0 unspecified atom stereocenters. The highest BCUT2D eigenvalue weighted by Gasteiger charge is 2.31. The molecular weight excluding hydrogens is 133 g/mol. The summed E-state index contributed by atoms with van der Waals surface area (Å²) in [6.07, 6.45) is -0.426. The van der Waals surface area contributed by atoms with Crippen molar-refractivity contribution in [3.8, 4) is 0 Å². The van der Waals surface area contributed by atoms with Crippen LogP contribution >= 0.6 is 0 Å². The second kappa shape index (κ2) is 2.66. The molecule has 58 valence electrons. The standard InChI is InChI=1S/C7H12FNO/c1-5(10)7-3-6(8)4-9(7)2/h6-7H,3-4H2,1-2H3/t6-,7+/m1/s1. The van der Waals surface area contributed by atoms with E-state index in [-0.39, 0.29) is 11.8 Å². The van der Waals surface area contributed by atoms with Crippen molar-refractivity contribution in [1.29, 1.82) is 0 Å². The molecule has 0 aromatic carbocycles. The summed E-state index contributed by atoms with van der Waals surface area (Å²) in [5.74, 6) is 0.0719. The fraction of sp³-hybridized carbons (Fsp3) is 0.857. The highest BCUT2D eigenvalue weighted by molar-refractivity contribution is 5.81. The Morgan fingerprint density at radius 2 is 2.30 bits per heavy atom. The van der Waals surface area contributed by atoms with Crippen molar-refractivity contribution in [2.45, 2.75) is 25.6 Å². The summed E-state index contributed by atoms with van der Waals surface area (Å²) in [6, 6.07) is -0.171. The van der Waals surface area contributed by atoms with Crippen LogP contribution in [0, 0.1) is 0 Å². The van der Waals surface area contributed by atoms with Gasteiger partial charge in [-0.1, -0.05) is 0 Å². The third kappa shape index (κ3) is 1.34. The van der Waals surface area contributed by atoms with Crippen LogP contribution in [0.3, 0.4) is 0 Å². The van der Waals surface area contributed by atoms with Crippen molar-refractivity contribution in [2.24, 2.45) is 0 Å². The predicted molar refractivity (Wildman–Crippen MR) is 36.6 cm³/mol. The van der Waals surface area contributed by atoms with E-state index < -0.39 is 6.17 Å². The molecule has 0 radical (unpaired) electrons. The number of likely N-dealkylation sites (tertiary alicyclic amines) is 1. The lowest BCUT2D eigenvalue weighted by atomic mass is 10.1. The van der Waals surface area contributed by atoms with Gasteiger partial charge in [-0.15, -0.1) is 0 Å². The maximum Gasteiger partial charge on any atom is 0.146 e. The van der Waals surface area contributed by atoms with E-state index in [0.29, 0.717) is 13.0 Å². The Kier molecular flexibility index (Phi) is 2.04. The molecule has 0 aromatic rings. The Labute approximate surface area is 60.0 Å². The molecule has 3 heteroatoms.